The van der Waals surface area contributed by atoms with E-state index in [4.69, 9.17) is 0 Å². The summed E-state index contributed by atoms with van der Waals surface area (Å²) in [5, 5.41) is 3.42. The summed E-state index contributed by atoms with van der Waals surface area (Å²) in [7, 11) is 0. The summed E-state index contributed by atoms with van der Waals surface area (Å²) >= 11 is 0. The van der Waals surface area contributed by atoms with Gasteiger partial charge in [-0.15, -0.1) is 0 Å². The van der Waals surface area contributed by atoms with Crippen molar-refractivity contribution in [3.63, 3.8) is 0 Å². The predicted octanol–water partition coefficient (Wildman–Crippen LogP) is 2.46. The third-order valence-corrected chi connectivity index (χ3v) is 3.92. The van der Waals surface area contributed by atoms with Crippen LogP contribution in [-0.4, -0.2) is 37.0 Å². The van der Waals surface area contributed by atoms with Crippen LogP contribution in [0.5, 0.6) is 0 Å². The lowest BCUT2D eigenvalue weighted by atomic mass is 9.98. The smallest absolute Gasteiger partial charge is 0.254 e. The first-order valence-corrected chi connectivity index (χ1v) is 7.28. The number of rotatable bonds is 4. The lowest BCUT2D eigenvalue weighted by molar-refractivity contribution is 0.0728. The Kier molecular flexibility index (Phi) is 4.97. The molecule has 1 amide bonds. The summed E-state index contributed by atoms with van der Waals surface area (Å²) in [5.41, 5.74) is 1.90. The fourth-order valence-electron chi connectivity index (χ4n) is 2.73. The van der Waals surface area contributed by atoms with Crippen LogP contribution in [0.15, 0.2) is 24.3 Å². The molecule has 0 aliphatic carbocycles. The number of carbonyl (C=O) groups is 1. The Morgan fingerprint density at radius 3 is 2.84 bits per heavy atom. The fraction of sp³-hybridized carbons (Fsp3) is 0.562. The second kappa shape index (κ2) is 6.71. The Morgan fingerprint density at radius 1 is 1.42 bits per heavy atom. The van der Waals surface area contributed by atoms with Crippen LogP contribution in [0.25, 0.3) is 0 Å². The Morgan fingerprint density at radius 2 is 2.21 bits per heavy atom. The van der Waals surface area contributed by atoms with Crippen molar-refractivity contribution in [3.05, 3.63) is 35.4 Å². The molecule has 104 valence electrons. The minimum Gasteiger partial charge on any atom is -0.339 e. The number of amides is 1. The zero-order chi connectivity index (χ0) is 13.7. The van der Waals surface area contributed by atoms with Crippen molar-refractivity contribution in [1.82, 2.24) is 10.2 Å². The molecule has 0 spiro atoms. The van der Waals surface area contributed by atoms with Gasteiger partial charge >= 0.3 is 0 Å². The quantitative estimate of drug-likeness (QED) is 0.902. The van der Waals surface area contributed by atoms with Crippen LogP contribution >= 0.6 is 0 Å². The van der Waals surface area contributed by atoms with E-state index in [1.165, 1.54) is 12.8 Å². The highest BCUT2D eigenvalue weighted by Crippen LogP contribution is 2.15. The van der Waals surface area contributed by atoms with Gasteiger partial charge in [0.15, 0.2) is 0 Å². The predicted molar refractivity (Wildman–Crippen MR) is 78.4 cm³/mol. The number of hydrogen-bond acceptors (Lipinski definition) is 2. The van der Waals surface area contributed by atoms with Crippen LogP contribution in [0.4, 0.5) is 0 Å². The van der Waals surface area contributed by atoms with Crippen LogP contribution in [0.3, 0.4) is 0 Å². The number of carbonyl (C=O) groups excluding carboxylic acids is 1. The second-order valence-electron chi connectivity index (χ2n) is 5.37. The molecule has 1 N–H and O–H groups in total. The summed E-state index contributed by atoms with van der Waals surface area (Å²) in [4.78, 5) is 14.6. The molecular weight excluding hydrogens is 236 g/mol. The van der Waals surface area contributed by atoms with Crippen molar-refractivity contribution in [1.29, 1.82) is 0 Å². The van der Waals surface area contributed by atoms with Gasteiger partial charge in [-0.3, -0.25) is 4.79 Å². The molecule has 1 heterocycles. The van der Waals surface area contributed by atoms with Crippen molar-refractivity contribution in [2.24, 2.45) is 5.92 Å². The third kappa shape index (κ3) is 3.57. The van der Waals surface area contributed by atoms with Crippen LogP contribution < -0.4 is 5.32 Å². The van der Waals surface area contributed by atoms with E-state index in [9.17, 15) is 4.79 Å². The van der Waals surface area contributed by atoms with E-state index >= 15 is 0 Å². The van der Waals surface area contributed by atoms with Crippen LogP contribution in [0, 0.1) is 12.8 Å². The molecule has 19 heavy (non-hydrogen) atoms. The zero-order valence-corrected chi connectivity index (χ0v) is 12.0. The monoisotopic (exact) mass is 260 g/mol. The molecule has 1 saturated heterocycles. The van der Waals surface area contributed by atoms with E-state index < -0.39 is 0 Å². The lowest BCUT2D eigenvalue weighted by Gasteiger charge is -2.29. The summed E-state index contributed by atoms with van der Waals surface area (Å²) < 4.78 is 0. The molecule has 3 nitrogen and oxygen atoms in total. The van der Waals surface area contributed by atoms with Gasteiger partial charge in [0.05, 0.1) is 0 Å². The summed E-state index contributed by atoms with van der Waals surface area (Å²) in [6, 6.07) is 7.85. The number of aryl methyl sites for hydroxylation is 1. The first-order chi connectivity index (χ1) is 9.22. The summed E-state index contributed by atoms with van der Waals surface area (Å²) in [5.74, 6) is 0.771. The van der Waals surface area contributed by atoms with Crippen molar-refractivity contribution < 1.29 is 4.79 Å². The summed E-state index contributed by atoms with van der Waals surface area (Å²) in [6.45, 7) is 7.88. The largest absolute Gasteiger partial charge is 0.339 e. The fourth-order valence-corrected chi connectivity index (χ4v) is 2.73. The van der Waals surface area contributed by atoms with E-state index in [1.807, 2.05) is 36.1 Å². The van der Waals surface area contributed by atoms with Crippen LogP contribution in [0.2, 0.25) is 0 Å². The minimum atomic E-state index is 0.172. The molecule has 0 saturated carbocycles. The van der Waals surface area contributed by atoms with Crippen LogP contribution in [-0.2, 0) is 0 Å². The lowest BCUT2D eigenvalue weighted by Crippen LogP contribution is -2.41. The van der Waals surface area contributed by atoms with E-state index in [0.717, 1.165) is 37.3 Å². The van der Waals surface area contributed by atoms with Gasteiger partial charge in [-0.25, -0.2) is 0 Å². The highest BCUT2D eigenvalue weighted by atomic mass is 16.2. The number of nitrogens with zero attached hydrogens (tertiary/aromatic N) is 1. The third-order valence-electron chi connectivity index (χ3n) is 3.92. The SMILES string of the molecule is CCN(CC1CCCNC1)C(=O)c1ccccc1C. The van der Waals surface area contributed by atoms with Crippen molar-refractivity contribution in [2.75, 3.05) is 26.2 Å². The molecule has 0 aromatic heterocycles. The Labute approximate surface area is 116 Å². The van der Waals surface area contributed by atoms with Gasteiger partial charge < -0.3 is 10.2 Å². The molecule has 1 aliphatic heterocycles. The van der Waals surface area contributed by atoms with Crippen molar-refractivity contribution in [3.8, 4) is 0 Å². The molecule has 0 bridgehead atoms. The van der Waals surface area contributed by atoms with Gasteiger partial charge in [0.2, 0.25) is 0 Å². The highest BCUT2D eigenvalue weighted by Gasteiger charge is 2.21. The first-order valence-electron chi connectivity index (χ1n) is 7.28. The maximum Gasteiger partial charge on any atom is 0.254 e. The number of piperidine rings is 1. The average Bonchev–Trinajstić information content (AvgIpc) is 2.46. The van der Waals surface area contributed by atoms with Gasteiger partial charge in [-0.1, -0.05) is 18.2 Å². The molecule has 1 atom stereocenters. The molecule has 1 unspecified atom stereocenters. The number of hydrogen-bond donors (Lipinski definition) is 1. The Hall–Kier alpha value is -1.35. The zero-order valence-electron chi connectivity index (χ0n) is 12.0. The normalized spacial score (nSPS) is 19.2. The van der Waals surface area contributed by atoms with E-state index in [2.05, 4.69) is 12.2 Å². The van der Waals surface area contributed by atoms with Crippen molar-refractivity contribution >= 4 is 5.91 Å². The van der Waals surface area contributed by atoms with Gasteiger partial charge in [0, 0.05) is 18.7 Å². The molecule has 3 heteroatoms. The second-order valence-corrected chi connectivity index (χ2v) is 5.37. The molecule has 1 aromatic rings. The Balaban J connectivity index is 2.04. The van der Waals surface area contributed by atoms with Crippen LogP contribution in [0.1, 0.15) is 35.7 Å². The first kappa shape index (κ1) is 14.1. The molecule has 1 aromatic carbocycles. The van der Waals surface area contributed by atoms with E-state index in [1.54, 1.807) is 0 Å². The maximum atomic E-state index is 12.6. The molecule has 2 rings (SSSR count). The minimum absolute atomic E-state index is 0.172. The molecule has 0 radical (unpaired) electrons. The number of nitrogens with one attached hydrogen (secondary N) is 1. The standard InChI is InChI=1S/C16H24N2O/c1-3-18(12-14-8-6-10-17-11-14)16(19)15-9-5-4-7-13(15)2/h4-5,7,9,14,17H,3,6,8,10-12H2,1-2H3. The number of benzene rings is 1. The molecule has 1 aliphatic rings. The van der Waals surface area contributed by atoms with Gasteiger partial charge in [-0.2, -0.15) is 0 Å². The van der Waals surface area contributed by atoms with Gasteiger partial charge in [0.25, 0.3) is 5.91 Å². The molecular formula is C16H24N2O. The Bertz CT molecular complexity index is 425. The highest BCUT2D eigenvalue weighted by molar-refractivity contribution is 5.95. The molecule has 1 fully saturated rings. The van der Waals surface area contributed by atoms with Gasteiger partial charge in [-0.05, 0) is 57.3 Å². The van der Waals surface area contributed by atoms with E-state index in [-0.39, 0.29) is 5.91 Å². The summed E-state index contributed by atoms with van der Waals surface area (Å²) in [6.07, 6.45) is 2.45. The van der Waals surface area contributed by atoms with Crippen molar-refractivity contribution in [2.45, 2.75) is 26.7 Å². The average molecular weight is 260 g/mol. The van der Waals surface area contributed by atoms with Gasteiger partial charge in [0.1, 0.15) is 0 Å². The maximum absolute atomic E-state index is 12.6. The van der Waals surface area contributed by atoms with E-state index in [0.29, 0.717) is 5.92 Å². The topological polar surface area (TPSA) is 32.3 Å².